The predicted octanol–water partition coefficient (Wildman–Crippen LogP) is 0.235. The zero-order valence-corrected chi connectivity index (χ0v) is 9.17. The van der Waals surface area contributed by atoms with E-state index in [1.54, 1.807) is 0 Å². The molecule has 0 aromatic heterocycles. The Morgan fingerprint density at radius 2 is 1.87 bits per heavy atom. The van der Waals surface area contributed by atoms with Gasteiger partial charge >= 0.3 is 5.97 Å². The number of hydrogen-bond acceptors (Lipinski definition) is 4. The quantitative estimate of drug-likeness (QED) is 0.682. The van der Waals surface area contributed by atoms with E-state index in [2.05, 4.69) is 5.32 Å². The lowest BCUT2D eigenvalue weighted by atomic mass is 9.98. The minimum Gasteiger partial charge on any atom is -0.467 e. The van der Waals surface area contributed by atoms with Gasteiger partial charge in [-0.25, -0.2) is 4.79 Å². The number of hydrogen-bond donors (Lipinski definition) is 1. The predicted molar refractivity (Wildman–Crippen MR) is 53.2 cm³/mol. The van der Waals surface area contributed by atoms with Crippen LogP contribution in [0.15, 0.2) is 0 Å². The van der Waals surface area contributed by atoms with E-state index in [1.807, 2.05) is 0 Å². The summed E-state index contributed by atoms with van der Waals surface area (Å²) in [5.74, 6) is -0.630. The van der Waals surface area contributed by atoms with Gasteiger partial charge in [0.25, 0.3) is 0 Å². The Balaban J connectivity index is 2.65. The van der Waals surface area contributed by atoms with Gasteiger partial charge in [-0.05, 0) is 12.8 Å². The second-order valence-corrected chi connectivity index (χ2v) is 3.76. The van der Waals surface area contributed by atoms with Crippen molar-refractivity contribution in [1.82, 2.24) is 5.32 Å². The molecule has 0 radical (unpaired) electrons. The first-order valence-electron chi connectivity index (χ1n) is 5.03. The van der Waals surface area contributed by atoms with Crippen molar-refractivity contribution >= 4 is 11.9 Å². The van der Waals surface area contributed by atoms with Gasteiger partial charge in [-0.15, -0.1) is 0 Å². The van der Waals surface area contributed by atoms with E-state index in [0.29, 0.717) is 12.8 Å². The Bertz CT molecular complexity index is 246. The lowest BCUT2D eigenvalue weighted by molar-refractivity contribution is -0.151. The number of esters is 1. The number of methoxy groups -OCH3 is 2. The summed E-state index contributed by atoms with van der Waals surface area (Å²) in [6.45, 7) is -0.0290. The van der Waals surface area contributed by atoms with Crippen LogP contribution in [0.1, 0.15) is 25.7 Å². The maximum Gasteiger partial charge on any atom is 0.331 e. The third-order valence-corrected chi connectivity index (χ3v) is 2.69. The molecule has 1 saturated carbocycles. The van der Waals surface area contributed by atoms with Gasteiger partial charge in [0.1, 0.15) is 12.1 Å². The molecular formula is C10H17NO4. The Morgan fingerprint density at radius 3 is 2.33 bits per heavy atom. The molecule has 0 aromatic carbocycles. The molecular weight excluding hydrogens is 198 g/mol. The summed E-state index contributed by atoms with van der Waals surface area (Å²) in [5, 5.41) is 2.71. The fourth-order valence-electron chi connectivity index (χ4n) is 1.99. The highest BCUT2D eigenvalue weighted by atomic mass is 16.5. The Labute approximate surface area is 89.1 Å². The van der Waals surface area contributed by atoms with Crippen molar-refractivity contribution in [3.63, 3.8) is 0 Å². The molecule has 0 unspecified atom stereocenters. The van der Waals surface area contributed by atoms with Gasteiger partial charge in [0, 0.05) is 7.11 Å². The van der Waals surface area contributed by atoms with Gasteiger partial charge < -0.3 is 14.8 Å². The summed E-state index contributed by atoms with van der Waals surface area (Å²) in [6, 6.07) is 0. The van der Waals surface area contributed by atoms with Crippen molar-refractivity contribution < 1.29 is 19.1 Å². The van der Waals surface area contributed by atoms with E-state index in [4.69, 9.17) is 9.47 Å². The van der Waals surface area contributed by atoms with Crippen LogP contribution in [0.25, 0.3) is 0 Å². The molecule has 0 atom stereocenters. The van der Waals surface area contributed by atoms with Crippen LogP contribution in [0.4, 0.5) is 0 Å². The van der Waals surface area contributed by atoms with Crippen LogP contribution in [0.3, 0.4) is 0 Å². The smallest absolute Gasteiger partial charge is 0.331 e. The van der Waals surface area contributed by atoms with Crippen molar-refractivity contribution in [3.05, 3.63) is 0 Å². The van der Waals surface area contributed by atoms with Gasteiger partial charge in [-0.3, -0.25) is 4.79 Å². The summed E-state index contributed by atoms with van der Waals surface area (Å²) < 4.78 is 9.43. The first kappa shape index (κ1) is 12.0. The number of rotatable bonds is 4. The fraction of sp³-hybridized carbons (Fsp3) is 0.800. The minimum absolute atomic E-state index is 0.0290. The molecule has 15 heavy (non-hydrogen) atoms. The monoisotopic (exact) mass is 215 g/mol. The third-order valence-electron chi connectivity index (χ3n) is 2.69. The summed E-state index contributed by atoms with van der Waals surface area (Å²) >= 11 is 0. The number of carbonyl (C=O) groups excluding carboxylic acids is 2. The molecule has 5 heteroatoms. The van der Waals surface area contributed by atoms with E-state index < -0.39 is 5.54 Å². The molecule has 0 aromatic rings. The fourth-order valence-corrected chi connectivity index (χ4v) is 1.99. The number of nitrogens with one attached hydrogen (secondary N) is 1. The molecule has 1 aliphatic rings. The second kappa shape index (κ2) is 5.11. The molecule has 5 nitrogen and oxygen atoms in total. The van der Waals surface area contributed by atoms with Crippen LogP contribution in [0.5, 0.6) is 0 Å². The van der Waals surface area contributed by atoms with E-state index >= 15 is 0 Å². The molecule has 0 bridgehead atoms. The Kier molecular flexibility index (Phi) is 4.08. The molecule has 1 amide bonds. The molecule has 0 saturated heterocycles. The third kappa shape index (κ3) is 2.68. The second-order valence-electron chi connectivity index (χ2n) is 3.76. The van der Waals surface area contributed by atoms with Crippen LogP contribution in [0.2, 0.25) is 0 Å². The Morgan fingerprint density at radius 1 is 1.27 bits per heavy atom. The van der Waals surface area contributed by atoms with E-state index in [-0.39, 0.29) is 18.5 Å². The van der Waals surface area contributed by atoms with E-state index in [1.165, 1.54) is 14.2 Å². The maximum atomic E-state index is 11.6. The summed E-state index contributed by atoms with van der Waals surface area (Å²) in [6.07, 6.45) is 3.16. The lowest BCUT2D eigenvalue weighted by Gasteiger charge is -2.26. The van der Waals surface area contributed by atoms with Crippen molar-refractivity contribution in [2.45, 2.75) is 31.2 Å². The molecule has 1 rings (SSSR count). The highest BCUT2D eigenvalue weighted by molar-refractivity contribution is 5.88. The zero-order chi connectivity index (χ0) is 11.3. The van der Waals surface area contributed by atoms with Crippen molar-refractivity contribution in [3.8, 4) is 0 Å². The summed E-state index contributed by atoms with van der Waals surface area (Å²) in [5.41, 5.74) is -0.815. The van der Waals surface area contributed by atoms with Crippen LogP contribution in [-0.2, 0) is 19.1 Å². The van der Waals surface area contributed by atoms with Crippen molar-refractivity contribution in [2.24, 2.45) is 0 Å². The largest absolute Gasteiger partial charge is 0.467 e. The van der Waals surface area contributed by atoms with Gasteiger partial charge in [0.2, 0.25) is 5.91 Å². The molecule has 86 valence electrons. The minimum atomic E-state index is -0.815. The highest BCUT2D eigenvalue weighted by Gasteiger charge is 2.43. The van der Waals surface area contributed by atoms with Gasteiger partial charge in [0.15, 0.2) is 0 Å². The molecule has 1 aliphatic carbocycles. The van der Waals surface area contributed by atoms with Crippen LogP contribution in [0, 0.1) is 0 Å². The number of ether oxygens (including phenoxy) is 2. The maximum absolute atomic E-state index is 11.6. The lowest BCUT2D eigenvalue weighted by Crippen LogP contribution is -2.54. The normalized spacial score (nSPS) is 18.5. The van der Waals surface area contributed by atoms with E-state index in [9.17, 15) is 9.59 Å². The molecule has 0 aliphatic heterocycles. The average Bonchev–Trinajstić information content (AvgIpc) is 2.66. The SMILES string of the molecule is COCC(=O)NC1(C(=O)OC)CCCC1. The standard InChI is InChI=1S/C10H17NO4/c1-14-7-8(12)11-10(9(13)15-2)5-3-4-6-10/h3-7H2,1-2H3,(H,11,12). The first-order chi connectivity index (χ1) is 7.14. The van der Waals surface area contributed by atoms with Crippen LogP contribution >= 0.6 is 0 Å². The number of carbonyl (C=O) groups is 2. The van der Waals surface area contributed by atoms with Gasteiger partial charge in [0.05, 0.1) is 7.11 Å². The average molecular weight is 215 g/mol. The molecule has 1 N–H and O–H groups in total. The summed E-state index contributed by atoms with van der Waals surface area (Å²) in [7, 11) is 2.78. The van der Waals surface area contributed by atoms with Crippen LogP contribution < -0.4 is 5.32 Å². The topological polar surface area (TPSA) is 64.6 Å². The molecule has 0 heterocycles. The highest BCUT2D eigenvalue weighted by Crippen LogP contribution is 2.30. The molecule has 0 spiro atoms. The van der Waals surface area contributed by atoms with E-state index in [0.717, 1.165) is 12.8 Å². The van der Waals surface area contributed by atoms with Crippen molar-refractivity contribution in [2.75, 3.05) is 20.8 Å². The van der Waals surface area contributed by atoms with Gasteiger partial charge in [-0.1, -0.05) is 12.8 Å². The zero-order valence-electron chi connectivity index (χ0n) is 9.17. The van der Waals surface area contributed by atoms with Crippen molar-refractivity contribution in [1.29, 1.82) is 0 Å². The summed E-state index contributed by atoms with van der Waals surface area (Å²) in [4.78, 5) is 23.0. The Hall–Kier alpha value is -1.10. The molecule has 1 fully saturated rings. The van der Waals surface area contributed by atoms with Crippen LogP contribution in [-0.4, -0.2) is 38.2 Å². The first-order valence-corrected chi connectivity index (χ1v) is 5.03. The number of amides is 1. The van der Waals surface area contributed by atoms with Gasteiger partial charge in [-0.2, -0.15) is 0 Å².